The van der Waals surface area contributed by atoms with Gasteiger partial charge in [-0.2, -0.15) is 0 Å². The van der Waals surface area contributed by atoms with Crippen LogP contribution in [0.1, 0.15) is 46.6 Å². The van der Waals surface area contributed by atoms with Crippen molar-refractivity contribution < 1.29 is 18.4 Å². The highest BCUT2D eigenvalue weighted by molar-refractivity contribution is 6.62. The Hall–Kier alpha value is -0.905. The molecule has 0 radical (unpaired) electrons. The van der Waals surface area contributed by atoms with Crippen LogP contribution in [0, 0.1) is 5.82 Å². The van der Waals surface area contributed by atoms with E-state index in [2.05, 4.69) is 0 Å². The third-order valence-corrected chi connectivity index (χ3v) is 5.11. The van der Waals surface area contributed by atoms with Gasteiger partial charge in [0.2, 0.25) is 0 Å². The van der Waals surface area contributed by atoms with Crippen molar-refractivity contribution in [3.8, 4) is 0 Å². The van der Waals surface area contributed by atoms with Crippen molar-refractivity contribution in [1.82, 2.24) is 0 Å². The van der Waals surface area contributed by atoms with Crippen LogP contribution in [0.3, 0.4) is 0 Å². The summed E-state index contributed by atoms with van der Waals surface area (Å²) < 4.78 is 31.8. The first-order valence-corrected chi connectivity index (χ1v) is 7.44. The molecule has 1 aromatic rings. The van der Waals surface area contributed by atoms with Crippen LogP contribution in [0.2, 0.25) is 0 Å². The minimum Gasteiger partial charge on any atom is -0.399 e. The van der Waals surface area contributed by atoms with E-state index >= 15 is 0 Å². The number of halogens is 1. The first-order chi connectivity index (χ1) is 9.65. The van der Waals surface area contributed by atoms with E-state index in [1.807, 2.05) is 40.7 Å². The molecule has 2 heterocycles. The molecule has 2 saturated heterocycles. The van der Waals surface area contributed by atoms with Gasteiger partial charge in [-0.1, -0.05) is 12.1 Å². The molecule has 0 spiro atoms. The first-order valence-electron chi connectivity index (χ1n) is 7.44. The van der Waals surface area contributed by atoms with Gasteiger partial charge in [0, 0.05) is 11.9 Å². The number of hydrogen-bond acceptors (Lipinski definition) is 3. The van der Waals surface area contributed by atoms with E-state index in [0.29, 0.717) is 5.46 Å². The van der Waals surface area contributed by atoms with Crippen LogP contribution < -0.4 is 5.46 Å². The van der Waals surface area contributed by atoms with Crippen molar-refractivity contribution in [3.05, 3.63) is 29.6 Å². The fourth-order valence-electron chi connectivity index (χ4n) is 2.66. The van der Waals surface area contributed by atoms with Gasteiger partial charge < -0.3 is 14.0 Å². The normalized spacial score (nSPS) is 30.3. The molecule has 2 fully saturated rings. The number of hydrogen-bond donors (Lipinski definition) is 0. The predicted octanol–water partition coefficient (Wildman–Crippen LogP) is 2.76. The highest BCUT2D eigenvalue weighted by atomic mass is 19.1. The van der Waals surface area contributed by atoms with Gasteiger partial charge in [-0.05, 0) is 46.2 Å². The van der Waals surface area contributed by atoms with Gasteiger partial charge in [0.05, 0.1) is 23.4 Å². The summed E-state index contributed by atoms with van der Waals surface area (Å²) in [6.45, 7) is 10.6. The zero-order chi connectivity index (χ0) is 15.5. The minimum absolute atomic E-state index is 0.305. The molecule has 1 unspecified atom stereocenters. The molecular weight excluding hydrogens is 270 g/mol. The molecule has 114 valence electrons. The Morgan fingerprint density at radius 1 is 1.05 bits per heavy atom. The van der Waals surface area contributed by atoms with Gasteiger partial charge in [-0.25, -0.2) is 4.39 Å². The minimum atomic E-state index is -0.682. The van der Waals surface area contributed by atoms with Crippen LogP contribution in [0.4, 0.5) is 4.39 Å². The van der Waals surface area contributed by atoms with E-state index < -0.39 is 18.3 Å². The van der Waals surface area contributed by atoms with E-state index in [-0.39, 0.29) is 11.4 Å². The molecular formula is C16H22BFO3. The molecule has 1 aromatic carbocycles. The van der Waals surface area contributed by atoms with Crippen molar-refractivity contribution >= 4 is 12.6 Å². The molecule has 2 aliphatic rings. The molecule has 0 amide bonds. The SMILES string of the molecule is CC1(c2ccc(F)c(B3OC(C)(C)C(C)(C)O3)c2)CCO1. The van der Waals surface area contributed by atoms with Crippen molar-refractivity contribution in [2.24, 2.45) is 0 Å². The summed E-state index contributed by atoms with van der Waals surface area (Å²) in [6, 6.07) is 5.07. The van der Waals surface area contributed by atoms with Gasteiger partial charge >= 0.3 is 7.12 Å². The highest BCUT2D eigenvalue weighted by Crippen LogP contribution is 2.38. The predicted molar refractivity (Wildman–Crippen MR) is 80.0 cm³/mol. The summed E-state index contributed by atoms with van der Waals surface area (Å²) in [5.41, 5.74) is 0.155. The van der Waals surface area contributed by atoms with Crippen LogP contribution in [0.15, 0.2) is 18.2 Å². The maximum absolute atomic E-state index is 14.2. The summed E-state index contributed by atoms with van der Waals surface area (Å²) in [7, 11) is -0.682. The van der Waals surface area contributed by atoms with Crippen LogP contribution in [0.25, 0.3) is 0 Å². The average Bonchev–Trinajstić information content (AvgIpc) is 2.56. The van der Waals surface area contributed by atoms with Gasteiger partial charge in [0.1, 0.15) is 5.82 Å². The maximum atomic E-state index is 14.2. The number of rotatable bonds is 2. The quantitative estimate of drug-likeness (QED) is 0.784. The summed E-state index contributed by atoms with van der Waals surface area (Å²) in [4.78, 5) is 0. The van der Waals surface area contributed by atoms with Crippen molar-refractivity contribution in [2.75, 3.05) is 6.61 Å². The van der Waals surface area contributed by atoms with Gasteiger partial charge in [0.15, 0.2) is 0 Å². The van der Waals surface area contributed by atoms with E-state index in [9.17, 15) is 4.39 Å². The third-order valence-electron chi connectivity index (χ3n) is 5.11. The molecule has 0 N–H and O–H groups in total. The van der Waals surface area contributed by atoms with E-state index in [4.69, 9.17) is 14.0 Å². The standard InChI is InChI=1S/C16H22BFO3/c1-14(2)15(3,4)21-17(20-14)12-10-11(6-7-13(12)18)16(5)8-9-19-16/h6-7,10H,8-9H2,1-5H3. The third kappa shape index (κ3) is 2.32. The van der Waals surface area contributed by atoms with Gasteiger partial charge in [-0.15, -0.1) is 0 Å². The van der Waals surface area contributed by atoms with Crippen LogP contribution in [-0.2, 0) is 19.6 Å². The number of ether oxygens (including phenoxy) is 1. The van der Waals surface area contributed by atoms with E-state index in [1.165, 1.54) is 6.07 Å². The Morgan fingerprint density at radius 3 is 2.10 bits per heavy atom. The summed E-state index contributed by atoms with van der Waals surface area (Å²) in [5.74, 6) is -0.305. The Kier molecular flexibility index (Phi) is 3.25. The summed E-state index contributed by atoms with van der Waals surface area (Å²) in [6.07, 6.45) is 0.946. The second kappa shape index (κ2) is 4.54. The lowest BCUT2D eigenvalue weighted by atomic mass is 9.75. The number of benzene rings is 1. The monoisotopic (exact) mass is 292 g/mol. The lowest BCUT2D eigenvalue weighted by Crippen LogP contribution is -2.41. The van der Waals surface area contributed by atoms with Crippen LogP contribution in [-0.4, -0.2) is 24.9 Å². The van der Waals surface area contributed by atoms with Crippen molar-refractivity contribution in [2.45, 2.75) is 57.8 Å². The Balaban J connectivity index is 1.94. The van der Waals surface area contributed by atoms with E-state index in [1.54, 1.807) is 6.07 Å². The molecule has 21 heavy (non-hydrogen) atoms. The zero-order valence-corrected chi connectivity index (χ0v) is 13.3. The fourth-order valence-corrected chi connectivity index (χ4v) is 2.66. The molecule has 0 aliphatic carbocycles. The molecule has 0 saturated carbocycles. The zero-order valence-electron chi connectivity index (χ0n) is 13.3. The topological polar surface area (TPSA) is 27.7 Å². The maximum Gasteiger partial charge on any atom is 0.497 e. The van der Waals surface area contributed by atoms with Crippen LogP contribution >= 0.6 is 0 Å². The largest absolute Gasteiger partial charge is 0.497 e. The molecule has 2 aliphatic heterocycles. The smallest absolute Gasteiger partial charge is 0.399 e. The molecule has 0 aromatic heterocycles. The Bertz CT molecular complexity index is 551. The van der Waals surface area contributed by atoms with Gasteiger partial charge in [-0.3, -0.25) is 0 Å². The average molecular weight is 292 g/mol. The molecule has 0 bridgehead atoms. The van der Waals surface area contributed by atoms with E-state index in [0.717, 1.165) is 18.6 Å². The lowest BCUT2D eigenvalue weighted by molar-refractivity contribution is -0.140. The van der Waals surface area contributed by atoms with Gasteiger partial charge in [0.25, 0.3) is 0 Å². The Labute approximate surface area is 125 Å². The lowest BCUT2D eigenvalue weighted by Gasteiger charge is -2.39. The molecule has 3 nitrogen and oxygen atoms in total. The van der Waals surface area contributed by atoms with Crippen LogP contribution in [0.5, 0.6) is 0 Å². The second-order valence-corrected chi connectivity index (χ2v) is 7.15. The van der Waals surface area contributed by atoms with Crippen molar-refractivity contribution in [3.63, 3.8) is 0 Å². The van der Waals surface area contributed by atoms with Crippen molar-refractivity contribution in [1.29, 1.82) is 0 Å². The second-order valence-electron chi connectivity index (χ2n) is 7.15. The molecule has 1 atom stereocenters. The summed E-state index contributed by atoms with van der Waals surface area (Å²) >= 11 is 0. The Morgan fingerprint density at radius 2 is 1.62 bits per heavy atom. The highest BCUT2D eigenvalue weighted by Gasteiger charge is 2.52. The molecule has 3 rings (SSSR count). The first kappa shape index (κ1) is 15.0. The summed E-state index contributed by atoms with van der Waals surface area (Å²) in [5, 5.41) is 0. The molecule has 5 heteroatoms. The fraction of sp³-hybridized carbons (Fsp3) is 0.625.